The molecule has 0 aliphatic carbocycles. The van der Waals surface area contributed by atoms with E-state index in [4.69, 9.17) is 4.74 Å². The van der Waals surface area contributed by atoms with Crippen LogP contribution in [0.2, 0.25) is 0 Å². The fourth-order valence-corrected chi connectivity index (χ4v) is 1.01. The van der Waals surface area contributed by atoms with Crippen molar-refractivity contribution in [2.24, 2.45) is 10.2 Å². The minimum absolute atomic E-state index is 0.375. The van der Waals surface area contributed by atoms with Crippen LogP contribution < -0.4 is 0 Å². The van der Waals surface area contributed by atoms with Crippen molar-refractivity contribution in [3.05, 3.63) is 35.9 Å². The standard InChI is InChI=1S/C12H14N2O3/c1-12(2,3)17-11(16)14-13-10(15)9-7-5-4-6-8-9/h4-8H,1-3H3. The minimum Gasteiger partial charge on any atom is -0.441 e. The van der Waals surface area contributed by atoms with Crippen molar-refractivity contribution < 1.29 is 14.3 Å². The van der Waals surface area contributed by atoms with Gasteiger partial charge < -0.3 is 4.74 Å². The second-order valence-electron chi connectivity index (χ2n) is 4.35. The van der Waals surface area contributed by atoms with Gasteiger partial charge in [-0.1, -0.05) is 28.4 Å². The monoisotopic (exact) mass is 234 g/mol. The Morgan fingerprint density at radius 3 is 2.18 bits per heavy atom. The molecule has 1 aromatic carbocycles. The normalized spacial score (nSPS) is 11.5. The summed E-state index contributed by atoms with van der Waals surface area (Å²) in [5.74, 6) is -0.573. The molecule has 0 saturated heterocycles. The molecule has 17 heavy (non-hydrogen) atoms. The molecule has 0 aromatic heterocycles. The Bertz CT molecular complexity index is 433. The summed E-state index contributed by atoms with van der Waals surface area (Å²) in [4.78, 5) is 22.6. The molecule has 2 amide bonds. The third-order valence-electron chi connectivity index (χ3n) is 1.64. The van der Waals surface area contributed by atoms with Crippen molar-refractivity contribution in [2.45, 2.75) is 26.4 Å². The van der Waals surface area contributed by atoms with Crippen molar-refractivity contribution in [3.63, 3.8) is 0 Å². The van der Waals surface area contributed by atoms with Crippen molar-refractivity contribution in [2.75, 3.05) is 0 Å². The van der Waals surface area contributed by atoms with E-state index in [1.54, 1.807) is 51.1 Å². The van der Waals surface area contributed by atoms with Crippen molar-refractivity contribution in [3.8, 4) is 0 Å². The molecule has 0 atom stereocenters. The van der Waals surface area contributed by atoms with Crippen LogP contribution in [0.15, 0.2) is 40.6 Å². The average Bonchev–Trinajstić information content (AvgIpc) is 2.25. The maximum absolute atomic E-state index is 11.4. The van der Waals surface area contributed by atoms with Gasteiger partial charge in [-0.05, 0) is 32.9 Å². The van der Waals surface area contributed by atoms with Crippen LogP contribution in [0.25, 0.3) is 0 Å². The zero-order valence-corrected chi connectivity index (χ0v) is 10.0. The van der Waals surface area contributed by atoms with E-state index in [1.165, 1.54) is 0 Å². The maximum Gasteiger partial charge on any atom is 0.453 e. The molecule has 0 spiro atoms. The van der Waals surface area contributed by atoms with Gasteiger partial charge >= 0.3 is 6.09 Å². The van der Waals surface area contributed by atoms with Crippen LogP contribution in [0.3, 0.4) is 0 Å². The van der Waals surface area contributed by atoms with Gasteiger partial charge in [0.1, 0.15) is 5.60 Å². The average molecular weight is 234 g/mol. The molecule has 0 unspecified atom stereocenters. The van der Waals surface area contributed by atoms with Crippen LogP contribution in [0.5, 0.6) is 0 Å². The molecule has 1 rings (SSSR count). The van der Waals surface area contributed by atoms with Crippen LogP contribution in [0, 0.1) is 0 Å². The molecule has 0 aliphatic heterocycles. The molecule has 0 saturated carbocycles. The van der Waals surface area contributed by atoms with Crippen molar-refractivity contribution in [1.82, 2.24) is 0 Å². The number of hydrogen-bond donors (Lipinski definition) is 0. The summed E-state index contributed by atoms with van der Waals surface area (Å²) in [7, 11) is 0. The maximum atomic E-state index is 11.4. The second kappa shape index (κ2) is 5.34. The highest BCUT2D eigenvalue weighted by atomic mass is 16.6. The van der Waals surface area contributed by atoms with Gasteiger partial charge in [0.2, 0.25) is 0 Å². The van der Waals surface area contributed by atoms with E-state index in [0.717, 1.165) is 0 Å². The lowest BCUT2D eigenvalue weighted by Crippen LogP contribution is -2.21. The lowest BCUT2D eigenvalue weighted by Gasteiger charge is -2.16. The molecule has 90 valence electrons. The fraction of sp³-hybridized carbons (Fsp3) is 0.333. The topological polar surface area (TPSA) is 68.1 Å². The zero-order chi connectivity index (χ0) is 12.9. The lowest BCUT2D eigenvalue weighted by atomic mass is 10.2. The molecule has 1 aromatic rings. The Balaban J connectivity index is 2.61. The third-order valence-corrected chi connectivity index (χ3v) is 1.64. The molecule has 5 nitrogen and oxygen atoms in total. The Hall–Kier alpha value is -2.04. The van der Waals surface area contributed by atoms with Gasteiger partial charge in [0.05, 0.1) is 0 Å². The lowest BCUT2D eigenvalue weighted by molar-refractivity contribution is 0.0584. The van der Waals surface area contributed by atoms with E-state index in [2.05, 4.69) is 10.2 Å². The molecule has 0 N–H and O–H groups in total. The predicted octanol–water partition coefficient (Wildman–Crippen LogP) is 3.21. The van der Waals surface area contributed by atoms with E-state index >= 15 is 0 Å². The molecule has 0 heterocycles. The number of benzene rings is 1. The summed E-state index contributed by atoms with van der Waals surface area (Å²) in [5.41, 5.74) is -0.272. The van der Waals surface area contributed by atoms with Crippen LogP contribution in [0.4, 0.5) is 4.79 Å². The van der Waals surface area contributed by atoms with Gasteiger partial charge in [-0.25, -0.2) is 4.79 Å². The second-order valence-corrected chi connectivity index (χ2v) is 4.35. The summed E-state index contributed by atoms with van der Waals surface area (Å²) in [5, 5.41) is 6.49. The molecule has 0 bridgehead atoms. The van der Waals surface area contributed by atoms with Gasteiger partial charge in [-0.2, -0.15) is 0 Å². The summed E-state index contributed by atoms with van der Waals surface area (Å²) in [6, 6.07) is 8.38. The van der Waals surface area contributed by atoms with Crippen LogP contribution in [0.1, 0.15) is 31.1 Å². The SMILES string of the molecule is CC(C)(C)OC(=O)N=NC(=O)c1ccccc1. The van der Waals surface area contributed by atoms with Gasteiger partial charge in [0.15, 0.2) is 0 Å². The number of ether oxygens (including phenoxy) is 1. The first-order valence-corrected chi connectivity index (χ1v) is 5.12. The first kappa shape index (κ1) is 13.0. The Morgan fingerprint density at radius 2 is 1.65 bits per heavy atom. The summed E-state index contributed by atoms with van der Waals surface area (Å²) in [6.45, 7) is 5.12. The fourth-order valence-electron chi connectivity index (χ4n) is 1.01. The number of carbonyl (C=O) groups is 2. The van der Waals surface area contributed by atoms with Gasteiger partial charge in [-0.15, -0.1) is 0 Å². The number of azo groups is 1. The number of carbonyl (C=O) groups excluding carboxylic acids is 2. The van der Waals surface area contributed by atoms with Crippen molar-refractivity contribution >= 4 is 12.0 Å². The molecule has 5 heteroatoms. The molecule has 0 radical (unpaired) electrons. The Morgan fingerprint density at radius 1 is 1.06 bits per heavy atom. The van der Waals surface area contributed by atoms with Crippen LogP contribution >= 0.6 is 0 Å². The van der Waals surface area contributed by atoms with E-state index in [1.807, 2.05) is 0 Å². The van der Waals surface area contributed by atoms with E-state index in [0.29, 0.717) is 5.56 Å². The summed E-state index contributed by atoms with van der Waals surface area (Å²) >= 11 is 0. The predicted molar refractivity (Wildman–Crippen MR) is 61.9 cm³/mol. The van der Waals surface area contributed by atoms with Gasteiger partial charge in [-0.3, -0.25) is 4.79 Å². The highest BCUT2D eigenvalue weighted by Gasteiger charge is 2.16. The van der Waals surface area contributed by atoms with Crippen LogP contribution in [-0.2, 0) is 4.74 Å². The highest BCUT2D eigenvalue weighted by molar-refractivity contribution is 5.95. The summed E-state index contributed by atoms with van der Waals surface area (Å²) in [6.07, 6.45) is -0.873. The first-order valence-electron chi connectivity index (χ1n) is 5.12. The first-order chi connectivity index (χ1) is 7.88. The smallest absolute Gasteiger partial charge is 0.441 e. The quantitative estimate of drug-likeness (QED) is 0.700. The van der Waals surface area contributed by atoms with Crippen LogP contribution in [-0.4, -0.2) is 17.6 Å². The number of amides is 2. The summed E-state index contributed by atoms with van der Waals surface area (Å²) < 4.78 is 4.87. The molecule has 0 fully saturated rings. The van der Waals surface area contributed by atoms with Gasteiger partial charge in [0, 0.05) is 5.56 Å². The number of hydrogen-bond acceptors (Lipinski definition) is 3. The molecular weight excluding hydrogens is 220 g/mol. The number of rotatable bonds is 1. The highest BCUT2D eigenvalue weighted by Crippen LogP contribution is 2.08. The van der Waals surface area contributed by atoms with Gasteiger partial charge in [0.25, 0.3) is 5.91 Å². The molecular formula is C12H14N2O3. The largest absolute Gasteiger partial charge is 0.453 e. The van der Waals surface area contributed by atoms with Crippen molar-refractivity contribution in [1.29, 1.82) is 0 Å². The van der Waals surface area contributed by atoms with E-state index in [9.17, 15) is 9.59 Å². The van der Waals surface area contributed by atoms with E-state index in [-0.39, 0.29) is 0 Å². The molecule has 0 aliphatic rings. The third kappa shape index (κ3) is 5.01. The van der Waals surface area contributed by atoms with E-state index < -0.39 is 17.6 Å². The number of nitrogens with zero attached hydrogens (tertiary/aromatic N) is 2. The Labute approximate surface area is 99.5 Å². The zero-order valence-electron chi connectivity index (χ0n) is 10.0. The minimum atomic E-state index is -0.873. The Kier molecular flexibility index (Phi) is 4.09.